The van der Waals surface area contributed by atoms with Gasteiger partial charge in [0.2, 0.25) is 0 Å². The van der Waals surface area contributed by atoms with Gasteiger partial charge in [-0.25, -0.2) is 8.78 Å². The largest absolute Gasteiger partial charge is 0.306 e. The van der Waals surface area contributed by atoms with Gasteiger partial charge < -0.3 is 5.32 Å². The standard InChI is InChI=1S/C12H13F2NOS/c13-9-3-8(4-10(14)6-9)5-12(16)11-7-17-2-1-15-11/h3-4,6,11,15H,1-2,5,7H2. The highest BCUT2D eigenvalue weighted by molar-refractivity contribution is 7.99. The van der Waals surface area contributed by atoms with Crippen LogP contribution < -0.4 is 5.32 Å². The molecule has 92 valence electrons. The number of benzene rings is 1. The minimum Gasteiger partial charge on any atom is -0.306 e. The molecule has 1 heterocycles. The fourth-order valence-corrected chi connectivity index (χ4v) is 2.78. The maximum Gasteiger partial charge on any atom is 0.154 e. The van der Waals surface area contributed by atoms with Gasteiger partial charge in [0.1, 0.15) is 11.6 Å². The van der Waals surface area contributed by atoms with Gasteiger partial charge in [-0.3, -0.25) is 4.79 Å². The van der Waals surface area contributed by atoms with E-state index < -0.39 is 11.6 Å². The van der Waals surface area contributed by atoms with Gasteiger partial charge in [0.25, 0.3) is 0 Å². The van der Waals surface area contributed by atoms with Gasteiger partial charge in [0.05, 0.1) is 6.04 Å². The zero-order valence-corrected chi connectivity index (χ0v) is 10.0. The van der Waals surface area contributed by atoms with Crippen LogP contribution in [0.25, 0.3) is 0 Å². The smallest absolute Gasteiger partial charge is 0.154 e. The fraction of sp³-hybridized carbons (Fsp3) is 0.417. The van der Waals surface area contributed by atoms with Crippen molar-refractivity contribution in [2.45, 2.75) is 12.5 Å². The lowest BCUT2D eigenvalue weighted by molar-refractivity contribution is -0.119. The lowest BCUT2D eigenvalue weighted by atomic mass is 10.0. The Balaban J connectivity index is 2.01. The van der Waals surface area contributed by atoms with Gasteiger partial charge >= 0.3 is 0 Å². The zero-order chi connectivity index (χ0) is 12.3. The molecular weight excluding hydrogens is 244 g/mol. The van der Waals surface area contributed by atoms with Crippen molar-refractivity contribution in [3.8, 4) is 0 Å². The summed E-state index contributed by atoms with van der Waals surface area (Å²) in [5.41, 5.74) is 0.393. The first-order chi connectivity index (χ1) is 8.15. The molecule has 0 amide bonds. The van der Waals surface area contributed by atoms with Crippen molar-refractivity contribution in [1.82, 2.24) is 5.32 Å². The molecule has 17 heavy (non-hydrogen) atoms. The molecule has 0 saturated carbocycles. The van der Waals surface area contributed by atoms with Crippen molar-refractivity contribution < 1.29 is 13.6 Å². The van der Waals surface area contributed by atoms with E-state index in [1.165, 1.54) is 12.1 Å². The topological polar surface area (TPSA) is 29.1 Å². The molecule has 1 N–H and O–H groups in total. The first-order valence-corrected chi connectivity index (χ1v) is 6.59. The number of hydrogen-bond donors (Lipinski definition) is 1. The molecule has 1 aliphatic rings. The van der Waals surface area contributed by atoms with Gasteiger partial charge in [0.15, 0.2) is 5.78 Å². The molecular formula is C12H13F2NOS. The lowest BCUT2D eigenvalue weighted by Gasteiger charge is -2.21. The Bertz CT molecular complexity index is 399. The molecule has 5 heteroatoms. The number of halogens is 2. The summed E-state index contributed by atoms with van der Waals surface area (Å²) in [7, 11) is 0. The molecule has 1 saturated heterocycles. The second-order valence-electron chi connectivity index (χ2n) is 4.00. The lowest BCUT2D eigenvalue weighted by Crippen LogP contribution is -2.44. The number of hydrogen-bond acceptors (Lipinski definition) is 3. The van der Waals surface area contributed by atoms with Crippen LogP contribution in [0.1, 0.15) is 5.56 Å². The minimum atomic E-state index is -0.640. The third kappa shape index (κ3) is 3.51. The molecule has 1 aliphatic heterocycles. The maximum absolute atomic E-state index is 12.9. The second-order valence-corrected chi connectivity index (χ2v) is 5.15. The SMILES string of the molecule is O=C(Cc1cc(F)cc(F)c1)C1CSCCN1. The van der Waals surface area contributed by atoms with Crippen molar-refractivity contribution in [3.63, 3.8) is 0 Å². The second kappa shape index (κ2) is 5.60. The number of thioether (sulfide) groups is 1. The monoisotopic (exact) mass is 257 g/mol. The summed E-state index contributed by atoms with van der Waals surface area (Å²) in [6.45, 7) is 0.804. The van der Waals surface area contributed by atoms with Crippen LogP contribution in [-0.4, -0.2) is 29.9 Å². The molecule has 0 aromatic heterocycles. The number of rotatable bonds is 3. The highest BCUT2D eigenvalue weighted by Crippen LogP contribution is 2.13. The van der Waals surface area contributed by atoms with Crippen molar-refractivity contribution in [3.05, 3.63) is 35.4 Å². The van der Waals surface area contributed by atoms with Crippen LogP contribution in [0.3, 0.4) is 0 Å². The normalized spacial score (nSPS) is 20.2. The van der Waals surface area contributed by atoms with E-state index in [0.717, 1.165) is 24.1 Å². The Morgan fingerprint density at radius 2 is 2.06 bits per heavy atom. The molecule has 0 radical (unpaired) electrons. The first kappa shape index (κ1) is 12.5. The van der Waals surface area contributed by atoms with Crippen LogP contribution in [-0.2, 0) is 11.2 Å². The van der Waals surface area contributed by atoms with Gasteiger partial charge in [-0.1, -0.05) is 0 Å². The highest BCUT2D eigenvalue weighted by Gasteiger charge is 2.21. The average molecular weight is 257 g/mol. The Morgan fingerprint density at radius 3 is 2.65 bits per heavy atom. The number of ketones is 1. The molecule has 0 bridgehead atoms. The first-order valence-electron chi connectivity index (χ1n) is 5.44. The highest BCUT2D eigenvalue weighted by atomic mass is 32.2. The summed E-state index contributed by atoms with van der Waals surface area (Å²) in [4.78, 5) is 11.9. The van der Waals surface area contributed by atoms with Gasteiger partial charge in [0, 0.05) is 30.5 Å². The predicted octanol–water partition coefficient (Wildman–Crippen LogP) is 1.78. The van der Waals surface area contributed by atoms with E-state index >= 15 is 0 Å². The van der Waals surface area contributed by atoms with E-state index in [0.29, 0.717) is 5.56 Å². The summed E-state index contributed by atoms with van der Waals surface area (Å²) in [6.07, 6.45) is 0.0763. The molecule has 1 fully saturated rings. The van der Waals surface area contributed by atoms with Gasteiger partial charge in [-0.2, -0.15) is 11.8 Å². The molecule has 2 nitrogen and oxygen atoms in total. The predicted molar refractivity (Wildman–Crippen MR) is 64.2 cm³/mol. The van der Waals surface area contributed by atoms with Crippen molar-refractivity contribution >= 4 is 17.5 Å². The maximum atomic E-state index is 12.9. The van der Waals surface area contributed by atoms with E-state index in [-0.39, 0.29) is 18.2 Å². The zero-order valence-electron chi connectivity index (χ0n) is 9.21. The van der Waals surface area contributed by atoms with Crippen molar-refractivity contribution in [2.75, 3.05) is 18.1 Å². The van der Waals surface area contributed by atoms with E-state index in [9.17, 15) is 13.6 Å². The molecule has 1 unspecified atom stereocenters. The Kier molecular flexibility index (Phi) is 4.12. The molecule has 0 spiro atoms. The third-order valence-corrected chi connectivity index (χ3v) is 3.67. The summed E-state index contributed by atoms with van der Waals surface area (Å²) in [5.74, 6) is 0.439. The van der Waals surface area contributed by atoms with Crippen molar-refractivity contribution in [1.29, 1.82) is 0 Å². The molecule has 1 atom stereocenters. The summed E-state index contributed by atoms with van der Waals surface area (Å²) >= 11 is 1.72. The van der Waals surface area contributed by atoms with Crippen LogP contribution in [0.4, 0.5) is 8.78 Å². The molecule has 2 rings (SSSR count). The van der Waals surface area contributed by atoms with E-state index in [1.807, 2.05) is 0 Å². The quantitative estimate of drug-likeness (QED) is 0.895. The van der Waals surface area contributed by atoms with Crippen LogP contribution in [0.2, 0.25) is 0 Å². The average Bonchev–Trinajstić information content (AvgIpc) is 2.28. The van der Waals surface area contributed by atoms with Crippen LogP contribution in [0.5, 0.6) is 0 Å². The number of nitrogens with one attached hydrogen (secondary N) is 1. The van der Waals surface area contributed by atoms with Gasteiger partial charge in [-0.05, 0) is 17.7 Å². The summed E-state index contributed by atoms with van der Waals surface area (Å²) in [6, 6.07) is 3.02. The van der Waals surface area contributed by atoms with Crippen LogP contribution in [0, 0.1) is 11.6 Å². The Morgan fingerprint density at radius 1 is 1.35 bits per heavy atom. The summed E-state index contributed by atoms with van der Waals surface area (Å²) in [5, 5.41) is 3.11. The number of carbonyl (C=O) groups is 1. The Hall–Kier alpha value is -0.940. The van der Waals surface area contributed by atoms with Crippen molar-refractivity contribution in [2.24, 2.45) is 0 Å². The van der Waals surface area contributed by atoms with Crippen LogP contribution >= 0.6 is 11.8 Å². The number of Topliss-reactive ketones (excluding diaryl/α,β-unsaturated/α-hetero) is 1. The molecule has 1 aromatic carbocycles. The Labute approximate surface area is 103 Å². The van der Waals surface area contributed by atoms with E-state index in [1.54, 1.807) is 11.8 Å². The van der Waals surface area contributed by atoms with Gasteiger partial charge in [-0.15, -0.1) is 0 Å². The van der Waals surface area contributed by atoms with E-state index in [2.05, 4.69) is 5.32 Å². The fourth-order valence-electron chi connectivity index (χ4n) is 1.81. The minimum absolute atomic E-state index is 0.0119. The third-order valence-electron chi connectivity index (χ3n) is 2.61. The van der Waals surface area contributed by atoms with E-state index in [4.69, 9.17) is 0 Å². The molecule has 0 aliphatic carbocycles. The van der Waals surface area contributed by atoms with Crippen LogP contribution in [0.15, 0.2) is 18.2 Å². The number of carbonyl (C=O) groups excluding carboxylic acids is 1. The molecule has 1 aromatic rings. The summed E-state index contributed by atoms with van der Waals surface area (Å²) < 4.78 is 25.9.